The van der Waals surface area contributed by atoms with Gasteiger partial charge < -0.3 is 4.90 Å². The second-order valence-corrected chi connectivity index (χ2v) is 6.57. The van der Waals surface area contributed by atoms with Crippen molar-refractivity contribution in [1.29, 1.82) is 0 Å². The summed E-state index contributed by atoms with van der Waals surface area (Å²) in [6.07, 6.45) is 1.95. The van der Waals surface area contributed by atoms with Gasteiger partial charge in [0.2, 0.25) is 5.91 Å². The lowest BCUT2D eigenvalue weighted by atomic mass is 10.1. The van der Waals surface area contributed by atoms with Gasteiger partial charge in [-0.2, -0.15) is 0 Å². The van der Waals surface area contributed by atoms with Crippen LogP contribution >= 0.6 is 0 Å². The Labute approximate surface area is 143 Å². The van der Waals surface area contributed by atoms with Gasteiger partial charge in [0.25, 0.3) is 5.56 Å². The molecule has 5 nitrogen and oxygen atoms in total. The van der Waals surface area contributed by atoms with Crippen LogP contribution in [-0.2, 0) is 11.8 Å². The van der Waals surface area contributed by atoms with E-state index < -0.39 is 0 Å². The van der Waals surface area contributed by atoms with Crippen LogP contribution < -0.4 is 5.56 Å². The second-order valence-electron chi connectivity index (χ2n) is 6.57. The summed E-state index contributed by atoms with van der Waals surface area (Å²) in [7, 11) is 1.73. The molecule has 0 spiro atoms. The largest absolute Gasteiger partial charge is 0.333 e. The Morgan fingerprint density at radius 1 is 1.25 bits per heavy atom. The van der Waals surface area contributed by atoms with Crippen LogP contribution in [0, 0.1) is 5.92 Å². The van der Waals surface area contributed by atoms with Gasteiger partial charge in [-0.25, -0.2) is 4.98 Å². The second kappa shape index (κ2) is 7.60. The standard InChI is InChI=1S/C19H27N3O2/c1-6-7-12-22(18(23)13(2)3)14(4)17-20-16-11-9-8-10-15(16)19(24)21(17)5/h8-11,13-14H,6-7,12H2,1-5H3. The van der Waals surface area contributed by atoms with Gasteiger partial charge in [-0.1, -0.05) is 39.3 Å². The van der Waals surface area contributed by atoms with Crippen molar-refractivity contribution in [2.24, 2.45) is 13.0 Å². The number of para-hydroxylation sites is 1. The van der Waals surface area contributed by atoms with Crippen molar-refractivity contribution in [3.05, 3.63) is 40.4 Å². The van der Waals surface area contributed by atoms with Crippen LogP contribution in [0.2, 0.25) is 0 Å². The minimum absolute atomic E-state index is 0.0742. The van der Waals surface area contributed by atoms with E-state index in [1.807, 2.05) is 43.9 Å². The zero-order chi connectivity index (χ0) is 17.9. The van der Waals surface area contributed by atoms with Crippen molar-refractivity contribution in [2.75, 3.05) is 6.54 Å². The average molecular weight is 329 g/mol. The molecule has 0 N–H and O–H groups in total. The first-order chi connectivity index (χ1) is 11.4. The van der Waals surface area contributed by atoms with Gasteiger partial charge in [0.05, 0.1) is 16.9 Å². The molecular formula is C19H27N3O2. The molecule has 1 atom stereocenters. The van der Waals surface area contributed by atoms with E-state index in [-0.39, 0.29) is 23.4 Å². The monoisotopic (exact) mass is 329 g/mol. The van der Waals surface area contributed by atoms with Gasteiger partial charge in [0.1, 0.15) is 5.82 Å². The van der Waals surface area contributed by atoms with Crippen LogP contribution in [0.1, 0.15) is 52.4 Å². The molecule has 0 aliphatic carbocycles. The first-order valence-corrected chi connectivity index (χ1v) is 8.64. The van der Waals surface area contributed by atoms with E-state index in [2.05, 4.69) is 11.9 Å². The third kappa shape index (κ3) is 3.50. The Hall–Kier alpha value is -2.17. The third-order valence-electron chi connectivity index (χ3n) is 4.39. The van der Waals surface area contributed by atoms with Crippen LogP contribution in [0.5, 0.6) is 0 Å². The molecule has 0 saturated carbocycles. The van der Waals surface area contributed by atoms with E-state index in [4.69, 9.17) is 0 Å². The zero-order valence-electron chi connectivity index (χ0n) is 15.2. The summed E-state index contributed by atoms with van der Waals surface area (Å²) >= 11 is 0. The Morgan fingerprint density at radius 2 is 1.92 bits per heavy atom. The lowest BCUT2D eigenvalue weighted by molar-refractivity contribution is -0.137. The Kier molecular flexibility index (Phi) is 5.75. The zero-order valence-corrected chi connectivity index (χ0v) is 15.2. The molecule has 0 saturated heterocycles. The fourth-order valence-corrected chi connectivity index (χ4v) is 2.90. The van der Waals surface area contributed by atoms with Gasteiger partial charge >= 0.3 is 0 Å². The SMILES string of the molecule is CCCCN(C(=O)C(C)C)C(C)c1nc2ccccc2c(=O)n1C. The molecular weight excluding hydrogens is 302 g/mol. The molecule has 0 aliphatic heterocycles. The molecule has 24 heavy (non-hydrogen) atoms. The summed E-state index contributed by atoms with van der Waals surface area (Å²) in [4.78, 5) is 31.8. The van der Waals surface area contributed by atoms with Gasteiger partial charge in [-0.05, 0) is 25.5 Å². The number of carbonyl (C=O) groups is 1. The summed E-state index contributed by atoms with van der Waals surface area (Å²) in [6, 6.07) is 7.09. The number of hydrogen-bond acceptors (Lipinski definition) is 3. The summed E-state index contributed by atoms with van der Waals surface area (Å²) < 4.78 is 1.57. The number of rotatable bonds is 6. The van der Waals surface area contributed by atoms with Crippen molar-refractivity contribution >= 4 is 16.8 Å². The van der Waals surface area contributed by atoms with Crippen LogP contribution in [-0.4, -0.2) is 26.9 Å². The predicted octanol–water partition coefficient (Wildman–Crippen LogP) is 3.28. The molecule has 2 rings (SSSR count). The quantitative estimate of drug-likeness (QED) is 0.817. The fraction of sp³-hybridized carbons (Fsp3) is 0.526. The number of nitrogens with zero attached hydrogens (tertiary/aromatic N) is 3. The summed E-state index contributed by atoms with van der Waals surface area (Å²) in [5.41, 5.74) is 0.602. The Bertz CT molecular complexity index is 780. The number of benzene rings is 1. The minimum atomic E-state index is -0.242. The first kappa shape index (κ1) is 18.2. The van der Waals surface area contributed by atoms with Gasteiger partial charge in [0, 0.05) is 19.5 Å². The van der Waals surface area contributed by atoms with E-state index in [1.54, 1.807) is 17.7 Å². The Morgan fingerprint density at radius 3 is 2.54 bits per heavy atom. The van der Waals surface area contributed by atoms with E-state index in [9.17, 15) is 9.59 Å². The van der Waals surface area contributed by atoms with Crippen molar-refractivity contribution in [3.8, 4) is 0 Å². The molecule has 0 bridgehead atoms. The molecule has 1 amide bonds. The molecule has 1 heterocycles. The number of fused-ring (bicyclic) bond motifs is 1. The maximum atomic E-state index is 12.6. The molecule has 1 unspecified atom stereocenters. The number of hydrogen-bond donors (Lipinski definition) is 0. The highest BCUT2D eigenvalue weighted by atomic mass is 16.2. The third-order valence-corrected chi connectivity index (χ3v) is 4.39. The van der Waals surface area contributed by atoms with Crippen LogP contribution in [0.15, 0.2) is 29.1 Å². The van der Waals surface area contributed by atoms with E-state index in [0.29, 0.717) is 23.3 Å². The molecule has 130 valence electrons. The number of unbranched alkanes of at least 4 members (excludes halogenated alkanes) is 1. The summed E-state index contributed by atoms with van der Waals surface area (Å²) in [5, 5.41) is 0.603. The average Bonchev–Trinajstić information content (AvgIpc) is 2.57. The molecule has 0 radical (unpaired) electrons. The van der Waals surface area contributed by atoms with Crippen LogP contribution in [0.3, 0.4) is 0 Å². The predicted molar refractivity (Wildman–Crippen MR) is 96.9 cm³/mol. The molecule has 1 aromatic carbocycles. The van der Waals surface area contributed by atoms with Crippen molar-refractivity contribution in [3.63, 3.8) is 0 Å². The smallest absolute Gasteiger partial charge is 0.261 e. The van der Waals surface area contributed by atoms with Crippen molar-refractivity contribution in [1.82, 2.24) is 14.5 Å². The van der Waals surface area contributed by atoms with E-state index >= 15 is 0 Å². The molecule has 2 aromatic rings. The molecule has 0 fully saturated rings. The topological polar surface area (TPSA) is 55.2 Å². The number of carbonyl (C=O) groups excluding carboxylic acids is 1. The highest BCUT2D eigenvalue weighted by Crippen LogP contribution is 2.22. The fourth-order valence-electron chi connectivity index (χ4n) is 2.90. The Balaban J connectivity index is 2.51. The van der Waals surface area contributed by atoms with E-state index in [0.717, 1.165) is 12.8 Å². The van der Waals surface area contributed by atoms with E-state index in [1.165, 1.54) is 0 Å². The van der Waals surface area contributed by atoms with Gasteiger partial charge in [0.15, 0.2) is 0 Å². The van der Waals surface area contributed by atoms with Gasteiger partial charge in [-0.15, -0.1) is 0 Å². The van der Waals surface area contributed by atoms with Crippen molar-refractivity contribution in [2.45, 2.75) is 46.6 Å². The highest BCUT2D eigenvalue weighted by Gasteiger charge is 2.26. The highest BCUT2D eigenvalue weighted by molar-refractivity contribution is 5.79. The molecule has 0 aliphatic rings. The summed E-state index contributed by atoms with van der Waals surface area (Å²) in [6.45, 7) is 8.54. The summed E-state index contributed by atoms with van der Waals surface area (Å²) in [5.74, 6) is 0.643. The van der Waals surface area contributed by atoms with Crippen LogP contribution in [0.4, 0.5) is 0 Å². The normalized spacial score (nSPS) is 12.6. The lowest BCUT2D eigenvalue weighted by Gasteiger charge is -2.31. The lowest BCUT2D eigenvalue weighted by Crippen LogP contribution is -2.39. The maximum absolute atomic E-state index is 12.6. The van der Waals surface area contributed by atoms with Crippen LogP contribution in [0.25, 0.3) is 10.9 Å². The molecule has 1 aromatic heterocycles. The van der Waals surface area contributed by atoms with Gasteiger partial charge in [-0.3, -0.25) is 14.2 Å². The van der Waals surface area contributed by atoms with Crippen molar-refractivity contribution < 1.29 is 4.79 Å². The first-order valence-electron chi connectivity index (χ1n) is 8.64. The number of amides is 1. The minimum Gasteiger partial charge on any atom is -0.333 e. The molecule has 5 heteroatoms. The number of aromatic nitrogens is 2. The maximum Gasteiger partial charge on any atom is 0.261 e.